The van der Waals surface area contributed by atoms with Crippen molar-refractivity contribution in [2.45, 2.75) is 84.9 Å². The first-order valence-electron chi connectivity index (χ1n) is 17.9. The Morgan fingerprint density at radius 2 is 0.896 bits per heavy atom. The van der Waals surface area contributed by atoms with E-state index in [1.165, 1.54) is 44.5 Å². The molecule has 0 radical (unpaired) electrons. The molecule has 0 heterocycles. The molecule has 4 atom stereocenters. The maximum Gasteiger partial charge on any atom is 0.124 e. The Morgan fingerprint density at radius 3 is 1.21 bits per heavy atom. The molecule has 0 saturated heterocycles. The summed E-state index contributed by atoms with van der Waals surface area (Å²) in [6, 6.07) is 9.36. The van der Waals surface area contributed by atoms with Crippen LogP contribution in [-0.2, 0) is 0 Å². The second kappa shape index (κ2) is 13.6. The number of rotatable bonds is 8. The molecular formula is C45H54O2Si. The predicted molar refractivity (Wildman–Crippen MR) is 207 cm³/mol. The number of hydrogen-bond donors (Lipinski definition) is 0. The molecule has 0 aromatic heterocycles. The smallest absolute Gasteiger partial charge is 0.124 e. The van der Waals surface area contributed by atoms with E-state index in [2.05, 4.69) is 147 Å². The maximum absolute atomic E-state index is 5.75. The zero-order valence-corrected chi connectivity index (χ0v) is 32.1. The van der Waals surface area contributed by atoms with E-state index in [1.807, 2.05) is 0 Å². The lowest BCUT2D eigenvalue weighted by Gasteiger charge is -2.34. The second-order valence-electron chi connectivity index (χ2n) is 15.1. The van der Waals surface area contributed by atoms with Gasteiger partial charge in [0.15, 0.2) is 0 Å². The molecule has 2 aromatic rings. The topological polar surface area (TPSA) is 18.5 Å². The third kappa shape index (κ3) is 5.89. The van der Waals surface area contributed by atoms with E-state index in [0.717, 1.165) is 11.5 Å². The fourth-order valence-electron chi connectivity index (χ4n) is 9.21. The predicted octanol–water partition coefficient (Wildman–Crippen LogP) is 11.4. The van der Waals surface area contributed by atoms with Crippen molar-refractivity contribution < 1.29 is 9.47 Å². The van der Waals surface area contributed by atoms with Crippen LogP contribution in [0.1, 0.15) is 72.9 Å². The summed E-state index contributed by atoms with van der Waals surface area (Å²) < 4.78 is 11.5. The van der Waals surface area contributed by atoms with Gasteiger partial charge in [-0.25, -0.2) is 0 Å². The molecule has 4 aliphatic carbocycles. The van der Waals surface area contributed by atoms with Gasteiger partial charge in [0.1, 0.15) is 11.5 Å². The largest absolute Gasteiger partial charge is 0.496 e. The normalized spacial score (nSPS) is 23.8. The van der Waals surface area contributed by atoms with Crippen LogP contribution in [0.5, 0.6) is 11.5 Å². The molecule has 250 valence electrons. The van der Waals surface area contributed by atoms with Gasteiger partial charge in [-0.3, -0.25) is 0 Å². The van der Waals surface area contributed by atoms with E-state index in [9.17, 15) is 0 Å². The molecule has 2 aromatic carbocycles. The minimum absolute atomic E-state index is 0.227. The molecular weight excluding hydrogens is 601 g/mol. The summed E-state index contributed by atoms with van der Waals surface area (Å²) in [6.07, 6.45) is 24.0. The van der Waals surface area contributed by atoms with E-state index in [-0.39, 0.29) is 11.8 Å². The summed E-state index contributed by atoms with van der Waals surface area (Å²) in [5, 5.41) is 0. The standard InChI is InChI=1S/C45H54O2Si/c1-26(2)38-24-40-34(32-20-28(5)42(46-9)29(6)21-32)16-12-14-18-36(40)44(38)48(11)45-37-19-15-13-17-35(41(37)25-39(45)27(3)4)33-22-30(7)43(47-10)31(8)23-33/h12-27,34-35,44-45,48H,1-11H3. The SMILES string of the molecule is COc1c(C)cc(C2C=CC=CC3=C2C=C(C(C)C)C3[SiH](C)C2C(C(C)C)=CC3=C2C=CC=CC3c2cc(C)c(OC)c(C)c2)cc1C. The number of ether oxygens (including phenoxy) is 2. The summed E-state index contributed by atoms with van der Waals surface area (Å²) in [6.45, 7) is 21.0. The van der Waals surface area contributed by atoms with Crippen LogP contribution >= 0.6 is 0 Å². The van der Waals surface area contributed by atoms with Crippen molar-refractivity contribution in [3.05, 3.63) is 152 Å². The van der Waals surface area contributed by atoms with Gasteiger partial charge in [0.25, 0.3) is 0 Å². The van der Waals surface area contributed by atoms with Crippen molar-refractivity contribution >= 4 is 8.80 Å². The van der Waals surface area contributed by atoms with Crippen LogP contribution in [0.15, 0.2) is 118 Å². The molecule has 3 heteroatoms. The quantitative estimate of drug-likeness (QED) is 0.264. The molecule has 4 unspecified atom stereocenters. The van der Waals surface area contributed by atoms with Crippen molar-refractivity contribution in [1.82, 2.24) is 0 Å². The van der Waals surface area contributed by atoms with E-state index >= 15 is 0 Å². The number of allylic oxidation sites excluding steroid dienone is 16. The zero-order chi connectivity index (χ0) is 34.4. The van der Waals surface area contributed by atoms with Crippen LogP contribution in [0, 0.1) is 39.5 Å². The average molecular weight is 655 g/mol. The Bertz CT molecular complexity index is 1690. The molecule has 0 saturated carbocycles. The molecule has 2 nitrogen and oxygen atoms in total. The van der Waals surface area contributed by atoms with E-state index in [1.54, 1.807) is 36.5 Å². The Hall–Kier alpha value is -3.82. The first kappa shape index (κ1) is 34.1. The highest BCUT2D eigenvalue weighted by atomic mass is 28.3. The van der Waals surface area contributed by atoms with Crippen molar-refractivity contribution in [3.8, 4) is 11.5 Å². The Balaban J connectivity index is 1.46. The minimum Gasteiger partial charge on any atom is -0.496 e. The molecule has 0 spiro atoms. The minimum atomic E-state index is -1.52. The van der Waals surface area contributed by atoms with Crippen molar-refractivity contribution in [2.75, 3.05) is 14.2 Å². The fraction of sp³-hybridized carbons (Fsp3) is 0.378. The average Bonchev–Trinajstić information content (AvgIpc) is 3.44. The summed E-state index contributed by atoms with van der Waals surface area (Å²) in [5.74, 6) is 3.42. The van der Waals surface area contributed by atoms with Crippen LogP contribution in [0.2, 0.25) is 17.6 Å². The van der Waals surface area contributed by atoms with Crippen LogP contribution in [0.25, 0.3) is 0 Å². The van der Waals surface area contributed by atoms with Crippen molar-refractivity contribution in [1.29, 1.82) is 0 Å². The Morgan fingerprint density at radius 1 is 0.542 bits per heavy atom. The highest BCUT2D eigenvalue weighted by molar-refractivity contribution is 6.64. The van der Waals surface area contributed by atoms with Crippen LogP contribution in [0.3, 0.4) is 0 Å². The first-order valence-corrected chi connectivity index (χ1v) is 20.4. The van der Waals surface area contributed by atoms with Gasteiger partial charge in [-0.2, -0.15) is 0 Å². The number of hydrogen-bond acceptors (Lipinski definition) is 2. The van der Waals surface area contributed by atoms with Crippen LogP contribution < -0.4 is 9.47 Å². The molecule has 0 bridgehead atoms. The molecule has 48 heavy (non-hydrogen) atoms. The van der Waals surface area contributed by atoms with Gasteiger partial charge in [-0.05, 0) is 106 Å². The zero-order valence-electron chi connectivity index (χ0n) is 30.9. The van der Waals surface area contributed by atoms with Gasteiger partial charge in [0.2, 0.25) is 0 Å². The van der Waals surface area contributed by atoms with E-state index < -0.39 is 8.80 Å². The van der Waals surface area contributed by atoms with E-state index in [0.29, 0.717) is 22.9 Å². The highest BCUT2D eigenvalue weighted by Gasteiger charge is 2.43. The van der Waals surface area contributed by atoms with Gasteiger partial charge in [-0.15, -0.1) is 0 Å². The Kier molecular flexibility index (Phi) is 9.64. The van der Waals surface area contributed by atoms with Crippen molar-refractivity contribution in [2.24, 2.45) is 11.8 Å². The molecule has 4 aliphatic rings. The van der Waals surface area contributed by atoms with Gasteiger partial charge < -0.3 is 9.47 Å². The Labute approximate surface area is 291 Å². The van der Waals surface area contributed by atoms with Crippen LogP contribution in [-0.4, -0.2) is 23.0 Å². The lowest BCUT2D eigenvalue weighted by molar-refractivity contribution is 0.408. The number of methoxy groups -OCH3 is 2. The lowest BCUT2D eigenvalue weighted by Crippen LogP contribution is -2.29. The summed E-state index contributed by atoms with van der Waals surface area (Å²) >= 11 is 0. The molecule has 0 fully saturated rings. The number of aryl methyl sites for hydroxylation is 4. The molecule has 0 aliphatic heterocycles. The first-order chi connectivity index (χ1) is 23.0. The summed E-state index contributed by atoms with van der Waals surface area (Å²) in [4.78, 5) is 0. The molecule has 6 rings (SSSR count). The van der Waals surface area contributed by atoms with Gasteiger partial charge in [0.05, 0.1) is 23.0 Å². The lowest BCUT2D eigenvalue weighted by atomic mass is 9.87. The van der Waals surface area contributed by atoms with Gasteiger partial charge >= 0.3 is 0 Å². The highest BCUT2D eigenvalue weighted by Crippen LogP contribution is 2.56. The van der Waals surface area contributed by atoms with Crippen molar-refractivity contribution in [3.63, 3.8) is 0 Å². The fourth-order valence-corrected chi connectivity index (χ4v) is 13.5. The third-order valence-electron chi connectivity index (χ3n) is 11.2. The summed E-state index contributed by atoms with van der Waals surface area (Å²) in [7, 11) is 2.04. The summed E-state index contributed by atoms with van der Waals surface area (Å²) in [5.41, 5.74) is 17.8. The van der Waals surface area contributed by atoms with Crippen LogP contribution in [0.4, 0.5) is 0 Å². The molecule has 0 amide bonds. The monoisotopic (exact) mass is 654 g/mol. The molecule has 0 N–H and O–H groups in total. The maximum atomic E-state index is 5.75. The third-order valence-corrected chi connectivity index (χ3v) is 14.8. The number of benzene rings is 2. The van der Waals surface area contributed by atoms with Gasteiger partial charge in [-0.1, -0.05) is 130 Å². The van der Waals surface area contributed by atoms with E-state index in [4.69, 9.17) is 9.47 Å². The van der Waals surface area contributed by atoms with Gasteiger partial charge in [0, 0.05) is 11.8 Å². The second-order valence-corrected chi connectivity index (χ2v) is 18.1.